The van der Waals surface area contributed by atoms with Gasteiger partial charge in [0.05, 0.1) is 17.2 Å². The highest BCUT2D eigenvalue weighted by molar-refractivity contribution is 5.42. The molecule has 0 radical (unpaired) electrons. The maximum atomic E-state index is 12.6. The lowest BCUT2D eigenvalue weighted by Gasteiger charge is -2.29. The molecule has 0 atom stereocenters. The molecule has 1 aliphatic rings. The van der Waals surface area contributed by atoms with Crippen LogP contribution in [0.5, 0.6) is 11.5 Å². The van der Waals surface area contributed by atoms with Gasteiger partial charge in [0.2, 0.25) is 0 Å². The standard InChI is InChI=1S/C20H19F6NO2/c21-19(22,23)13-4-8-18(17(28)10-13)29-16-6-1-12(2-7-16)9-15-5-3-14(11-27-15)20(24,25)26/h3-5,8,10-12,16,28H,1-2,6-7,9H2. The third-order valence-electron chi connectivity index (χ3n) is 5.02. The molecule has 158 valence electrons. The van der Waals surface area contributed by atoms with E-state index < -0.39 is 29.2 Å². The zero-order valence-corrected chi connectivity index (χ0v) is 15.2. The molecule has 1 heterocycles. The molecule has 0 amide bonds. The van der Waals surface area contributed by atoms with E-state index in [1.54, 1.807) is 0 Å². The van der Waals surface area contributed by atoms with E-state index in [1.807, 2.05) is 0 Å². The van der Waals surface area contributed by atoms with Gasteiger partial charge in [-0.2, -0.15) is 26.3 Å². The summed E-state index contributed by atoms with van der Waals surface area (Å²) in [6.45, 7) is 0. The van der Waals surface area contributed by atoms with Crippen LogP contribution in [0.2, 0.25) is 0 Å². The first-order valence-corrected chi connectivity index (χ1v) is 9.11. The van der Waals surface area contributed by atoms with E-state index in [9.17, 15) is 31.4 Å². The Morgan fingerprint density at radius 2 is 1.52 bits per heavy atom. The Bertz CT molecular complexity index is 824. The average molecular weight is 419 g/mol. The van der Waals surface area contributed by atoms with Crippen molar-refractivity contribution >= 4 is 0 Å². The second-order valence-corrected chi connectivity index (χ2v) is 7.18. The SMILES string of the molecule is Oc1cc(C(F)(F)F)ccc1OC1CCC(Cc2ccc(C(F)(F)F)cn2)CC1. The van der Waals surface area contributed by atoms with Crippen LogP contribution in [0, 0.1) is 5.92 Å². The van der Waals surface area contributed by atoms with E-state index in [0.717, 1.165) is 37.2 Å². The zero-order valence-electron chi connectivity index (χ0n) is 15.2. The number of alkyl halides is 6. The minimum atomic E-state index is -4.54. The number of halogens is 6. The van der Waals surface area contributed by atoms with Crippen LogP contribution >= 0.6 is 0 Å². The lowest BCUT2D eigenvalue weighted by atomic mass is 9.84. The second-order valence-electron chi connectivity index (χ2n) is 7.18. The normalized spacial score (nSPS) is 20.5. The van der Waals surface area contributed by atoms with Gasteiger partial charge in [-0.05, 0) is 68.4 Å². The summed E-state index contributed by atoms with van der Waals surface area (Å²) < 4.78 is 81.3. The van der Waals surface area contributed by atoms with Gasteiger partial charge in [0, 0.05) is 11.9 Å². The van der Waals surface area contributed by atoms with Crippen molar-refractivity contribution in [3.05, 3.63) is 53.3 Å². The Morgan fingerprint density at radius 1 is 0.897 bits per heavy atom. The van der Waals surface area contributed by atoms with Gasteiger partial charge in [-0.1, -0.05) is 0 Å². The maximum Gasteiger partial charge on any atom is 0.417 e. The fraction of sp³-hybridized carbons (Fsp3) is 0.450. The fourth-order valence-corrected chi connectivity index (χ4v) is 3.44. The molecule has 1 fully saturated rings. The molecule has 1 aromatic heterocycles. The summed E-state index contributed by atoms with van der Waals surface area (Å²) >= 11 is 0. The summed E-state index contributed by atoms with van der Waals surface area (Å²) in [5.74, 6) is -0.318. The number of nitrogens with zero attached hydrogens (tertiary/aromatic N) is 1. The lowest BCUT2D eigenvalue weighted by Crippen LogP contribution is -2.25. The largest absolute Gasteiger partial charge is 0.504 e. The predicted octanol–water partition coefficient (Wildman–Crippen LogP) is 6.01. The third kappa shape index (κ3) is 5.55. The van der Waals surface area contributed by atoms with Crippen LogP contribution in [0.15, 0.2) is 36.5 Å². The molecule has 0 spiro atoms. The summed E-state index contributed by atoms with van der Waals surface area (Å²) in [7, 11) is 0. The van der Waals surface area contributed by atoms with Crippen LogP contribution < -0.4 is 4.74 Å². The molecule has 1 aliphatic carbocycles. The minimum Gasteiger partial charge on any atom is -0.504 e. The molecular weight excluding hydrogens is 400 g/mol. The number of aromatic nitrogens is 1. The highest BCUT2D eigenvalue weighted by Gasteiger charge is 2.32. The number of ether oxygens (including phenoxy) is 1. The molecule has 0 unspecified atom stereocenters. The number of hydrogen-bond acceptors (Lipinski definition) is 3. The Kier molecular flexibility index (Phi) is 5.95. The maximum absolute atomic E-state index is 12.6. The molecule has 9 heteroatoms. The quantitative estimate of drug-likeness (QED) is 0.618. The molecule has 2 aromatic rings. The molecule has 3 rings (SSSR count). The highest BCUT2D eigenvalue weighted by Crippen LogP contribution is 2.38. The van der Waals surface area contributed by atoms with Gasteiger partial charge in [0.15, 0.2) is 11.5 Å². The van der Waals surface area contributed by atoms with E-state index in [1.165, 1.54) is 6.07 Å². The molecule has 1 saturated carbocycles. The van der Waals surface area contributed by atoms with E-state index in [-0.39, 0.29) is 17.8 Å². The first kappa shape index (κ1) is 21.3. The van der Waals surface area contributed by atoms with Crippen molar-refractivity contribution in [3.63, 3.8) is 0 Å². The van der Waals surface area contributed by atoms with Crippen LogP contribution in [-0.2, 0) is 18.8 Å². The topological polar surface area (TPSA) is 42.4 Å². The molecular formula is C20H19F6NO2. The Balaban J connectivity index is 1.52. The average Bonchev–Trinajstić information content (AvgIpc) is 2.64. The molecule has 3 nitrogen and oxygen atoms in total. The number of benzene rings is 1. The van der Waals surface area contributed by atoms with Crippen molar-refractivity contribution in [2.45, 2.75) is 50.6 Å². The van der Waals surface area contributed by atoms with E-state index in [0.29, 0.717) is 31.0 Å². The summed E-state index contributed by atoms with van der Waals surface area (Å²) in [4.78, 5) is 3.89. The van der Waals surface area contributed by atoms with Crippen LogP contribution in [0.3, 0.4) is 0 Å². The number of phenols is 1. The van der Waals surface area contributed by atoms with Crippen LogP contribution in [0.25, 0.3) is 0 Å². The molecule has 0 bridgehead atoms. The summed E-state index contributed by atoms with van der Waals surface area (Å²) in [6.07, 6.45) is -5.06. The Labute approximate surface area is 163 Å². The van der Waals surface area contributed by atoms with Crippen LogP contribution in [-0.4, -0.2) is 16.2 Å². The summed E-state index contributed by atoms with van der Waals surface area (Å²) in [5, 5.41) is 9.80. The highest BCUT2D eigenvalue weighted by atomic mass is 19.4. The molecule has 0 aliphatic heterocycles. The van der Waals surface area contributed by atoms with Gasteiger partial charge in [-0.15, -0.1) is 0 Å². The van der Waals surface area contributed by atoms with Gasteiger partial charge < -0.3 is 9.84 Å². The molecule has 1 aromatic carbocycles. The predicted molar refractivity (Wildman–Crippen MR) is 92.4 cm³/mol. The number of rotatable bonds is 4. The fourth-order valence-electron chi connectivity index (χ4n) is 3.44. The second kappa shape index (κ2) is 8.12. The third-order valence-corrected chi connectivity index (χ3v) is 5.02. The smallest absolute Gasteiger partial charge is 0.417 e. The first-order chi connectivity index (χ1) is 13.5. The van der Waals surface area contributed by atoms with Crippen molar-refractivity contribution in [3.8, 4) is 11.5 Å². The van der Waals surface area contributed by atoms with Crippen molar-refractivity contribution in [1.29, 1.82) is 0 Å². The number of hydrogen-bond donors (Lipinski definition) is 1. The van der Waals surface area contributed by atoms with Crippen molar-refractivity contribution in [2.75, 3.05) is 0 Å². The number of aromatic hydroxyl groups is 1. The summed E-state index contributed by atoms with van der Waals surface area (Å²) in [6, 6.07) is 5.00. The van der Waals surface area contributed by atoms with Crippen molar-refractivity contribution in [2.24, 2.45) is 5.92 Å². The van der Waals surface area contributed by atoms with Crippen LogP contribution in [0.4, 0.5) is 26.3 Å². The lowest BCUT2D eigenvalue weighted by molar-refractivity contribution is -0.138. The van der Waals surface area contributed by atoms with Crippen molar-refractivity contribution < 1.29 is 36.2 Å². The van der Waals surface area contributed by atoms with E-state index >= 15 is 0 Å². The Hall–Kier alpha value is -2.45. The Morgan fingerprint density at radius 3 is 2.03 bits per heavy atom. The number of pyridine rings is 1. The van der Waals surface area contributed by atoms with Crippen molar-refractivity contribution in [1.82, 2.24) is 4.98 Å². The minimum absolute atomic E-state index is 0.00542. The number of phenolic OH excluding ortho intramolecular Hbond substituents is 1. The van der Waals surface area contributed by atoms with E-state index in [2.05, 4.69) is 4.98 Å². The summed E-state index contributed by atoms with van der Waals surface area (Å²) in [5.41, 5.74) is -1.15. The first-order valence-electron chi connectivity index (χ1n) is 9.11. The van der Waals surface area contributed by atoms with Gasteiger partial charge in [0.1, 0.15) is 0 Å². The molecule has 1 N–H and O–H groups in total. The van der Waals surface area contributed by atoms with Gasteiger partial charge in [-0.3, -0.25) is 4.98 Å². The van der Waals surface area contributed by atoms with Gasteiger partial charge in [-0.25, -0.2) is 0 Å². The van der Waals surface area contributed by atoms with E-state index in [4.69, 9.17) is 4.74 Å². The zero-order chi connectivity index (χ0) is 21.2. The van der Waals surface area contributed by atoms with Gasteiger partial charge >= 0.3 is 12.4 Å². The molecule has 29 heavy (non-hydrogen) atoms. The molecule has 0 saturated heterocycles. The van der Waals surface area contributed by atoms with Crippen LogP contribution in [0.1, 0.15) is 42.5 Å². The van der Waals surface area contributed by atoms with Gasteiger partial charge in [0.25, 0.3) is 0 Å². The monoisotopic (exact) mass is 419 g/mol.